The maximum Gasteiger partial charge on any atom is 0.331 e. The largest absolute Gasteiger partial charge is 0.491 e. The molecule has 0 saturated heterocycles. The summed E-state index contributed by atoms with van der Waals surface area (Å²) in [4.78, 5) is 27.4. The van der Waals surface area contributed by atoms with E-state index in [0.29, 0.717) is 0 Å². The number of rotatable bonds is 34. The van der Waals surface area contributed by atoms with Crippen LogP contribution in [0.4, 0.5) is 0 Å². The molecule has 0 fully saturated rings. The predicted octanol–water partition coefficient (Wildman–Crippen LogP) is 7.43. The van der Waals surface area contributed by atoms with Gasteiger partial charge in [0.2, 0.25) is 12.2 Å². The standard InChI is InChI=1S/C49H84O18/c1-19-35(50)66-41-37(52-21-3)39(54-23-5)44(56-25-7,48(62-31-13,63-32-14)46(41,58-27-9)59-28-10)43(17,18)45(57-26-8)40(55-24-6)38(53-22-4)42(67-36(51)20-2)47(60-29-11,61-30-12)49(45,64-33-15)65-34-16/h19-20,41-42H,1-2,21-34H2,3-18H3. The third-order valence-corrected chi connectivity index (χ3v) is 11.4. The van der Waals surface area contributed by atoms with Crippen LogP contribution in [0.1, 0.15) is 111 Å². The summed E-state index contributed by atoms with van der Waals surface area (Å²) in [6.45, 7) is 35.0. The molecule has 0 aromatic rings. The van der Waals surface area contributed by atoms with Gasteiger partial charge in [-0.15, -0.1) is 0 Å². The minimum atomic E-state index is -2.42. The summed E-state index contributed by atoms with van der Waals surface area (Å²) in [6, 6.07) is 0. The Kier molecular flexibility index (Phi) is 23.8. The van der Waals surface area contributed by atoms with Crippen molar-refractivity contribution in [1.29, 1.82) is 0 Å². The molecule has 2 aliphatic carbocycles. The van der Waals surface area contributed by atoms with Gasteiger partial charge in [0.05, 0.1) is 26.4 Å². The first-order chi connectivity index (χ1) is 32.1. The Bertz CT molecular complexity index is 1500. The highest BCUT2D eigenvalue weighted by Gasteiger charge is 2.91. The van der Waals surface area contributed by atoms with Gasteiger partial charge in [-0.2, -0.15) is 0 Å². The van der Waals surface area contributed by atoms with Gasteiger partial charge in [0, 0.05) is 83.6 Å². The van der Waals surface area contributed by atoms with E-state index < -0.39 is 63.9 Å². The van der Waals surface area contributed by atoms with E-state index in [-0.39, 0.29) is 116 Å². The van der Waals surface area contributed by atoms with Crippen LogP contribution in [0.15, 0.2) is 48.3 Å². The molecule has 4 atom stereocenters. The van der Waals surface area contributed by atoms with Crippen molar-refractivity contribution in [2.45, 2.75) is 157 Å². The molecule has 18 heteroatoms. The van der Waals surface area contributed by atoms with Crippen LogP contribution in [0.3, 0.4) is 0 Å². The molecule has 0 aliphatic heterocycles. The Morgan fingerprint density at radius 3 is 0.881 bits per heavy atom. The minimum absolute atomic E-state index is 0.00695. The molecule has 0 N–H and O–H groups in total. The first-order valence-electron chi connectivity index (χ1n) is 24.1. The summed E-state index contributed by atoms with van der Waals surface area (Å²) in [5, 5.41) is 0. The van der Waals surface area contributed by atoms with Crippen LogP contribution < -0.4 is 0 Å². The summed E-state index contributed by atoms with van der Waals surface area (Å²) in [7, 11) is 0. The quantitative estimate of drug-likeness (QED) is 0.0352. The molecule has 4 unspecified atom stereocenters. The molecule has 2 aliphatic rings. The molecule has 0 spiro atoms. The second-order valence-corrected chi connectivity index (χ2v) is 15.0. The molecule has 0 radical (unpaired) electrons. The lowest BCUT2D eigenvalue weighted by Gasteiger charge is -2.70. The molecule has 67 heavy (non-hydrogen) atoms. The summed E-state index contributed by atoms with van der Waals surface area (Å²) in [5.41, 5.74) is -6.59. The molecular weight excluding hydrogens is 877 g/mol. The number of carbonyl (C=O) groups is 2. The van der Waals surface area contributed by atoms with E-state index in [1.54, 1.807) is 111 Å². The first kappa shape index (κ1) is 59.8. The molecule has 18 nitrogen and oxygen atoms in total. The van der Waals surface area contributed by atoms with Gasteiger partial charge in [0.15, 0.2) is 34.2 Å². The van der Waals surface area contributed by atoms with Gasteiger partial charge in [0.1, 0.15) is 0 Å². The number of carbonyl (C=O) groups excluding carboxylic acids is 2. The Morgan fingerprint density at radius 2 is 0.672 bits per heavy atom. The zero-order valence-corrected chi connectivity index (χ0v) is 43.5. The Morgan fingerprint density at radius 1 is 0.418 bits per heavy atom. The van der Waals surface area contributed by atoms with Crippen LogP contribution in [0.2, 0.25) is 0 Å². The van der Waals surface area contributed by atoms with Gasteiger partial charge in [-0.3, -0.25) is 0 Å². The van der Waals surface area contributed by atoms with Crippen LogP contribution in [-0.4, -0.2) is 151 Å². The van der Waals surface area contributed by atoms with E-state index in [9.17, 15) is 9.59 Å². The maximum atomic E-state index is 13.7. The van der Waals surface area contributed by atoms with Gasteiger partial charge < -0.3 is 75.8 Å². The predicted molar refractivity (Wildman–Crippen MR) is 247 cm³/mol. The molecular formula is C49H84O18. The molecule has 2 rings (SSSR count). The molecule has 0 saturated carbocycles. The van der Waals surface area contributed by atoms with Crippen molar-refractivity contribution in [2.75, 3.05) is 92.5 Å². The van der Waals surface area contributed by atoms with Crippen molar-refractivity contribution in [3.05, 3.63) is 48.3 Å². The van der Waals surface area contributed by atoms with Crippen LogP contribution in [-0.2, 0) is 85.4 Å². The van der Waals surface area contributed by atoms with Gasteiger partial charge >= 0.3 is 11.9 Å². The van der Waals surface area contributed by atoms with E-state index >= 15 is 0 Å². The van der Waals surface area contributed by atoms with Gasteiger partial charge in [-0.25, -0.2) is 9.59 Å². The van der Waals surface area contributed by atoms with E-state index in [0.717, 1.165) is 12.2 Å². The lowest BCUT2D eigenvalue weighted by atomic mass is 9.50. The van der Waals surface area contributed by atoms with E-state index in [4.69, 9.17) is 75.8 Å². The van der Waals surface area contributed by atoms with Crippen molar-refractivity contribution < 1.29 is 85.4 Å². The Hall–Kier alpha value is -3.30. The summed E-state index contributed by atoms with van der Waals surface area (Å²) in [6.07, 6.45) is -1.21. The molecule has 0 bridgehead atoms. The Balaban J connectivity index is 4.12. The number of hydrogen-bond donors (Lipinski definition) is 0. The smallest absolute Gasteiger partial charge is 0.331 e. The van der Waals surface area contributed by atoms with E-state index in [1.807, 2.05) is 0 Å². The lowest BCUT2D eigenvalue weighted by molar-refractivity contribution is -0.517. The van der Waals surface area contributed by atoms with Crippen molar-refractivity contribution in [1.82, 2.24) is 0 Å². The average molecular weight is 961 g/mol. The van der Waals surface area contributed by atoms with Crippen molar-refractivity contribution in [3.63, 3.8) is 0 Å². The zero-order valence-electron chi connectivity index (χ0n) is 43.5. The van der Waals surface area contributed by atoms with Gasteiger partial charge in [-0.05, 0) is 96.9 Å². The highest BCUT2D eigenvalue weighted by molar-refractivity contribution is 5.82. The van der Waals surface area contributed by atoms with Gasteiger partial charge in [-0.1, -0.05) is 27.0 Å². The zero-order chi connectivity index (χ0) is 50.7. The molecule has 0 aromatic carbocycles. The SMILES string of the molecule is C=CC(=O)OC1C(OCC)=C(OCC)C(OCC)(C(C)(C)C2(OCC)C(OCC)=C(OCC)C(OC(=O)C=C)C(OCC)(OCC)C2(OCC)OCC)C(OCC)(OCC)C1(OCC)OCC. The fourth-order valence-corrected chi connectivity index (χ4v) is 9.97. The van der Waals surface area contributed by atoms with Crippen molar-refractivity contribution in [2.24, 2.45) is 5.41 Å². The fraction of sp³-hybridized carbons (Fsp3) is 0.796. The fourth-order valence-electron chi connectivity index (χ4n) is 9.97. The van der Waals surface area contributed by atoms with Crippen LogP contribution in [0.5, 0.6) is 0 Å². The average Bonchev–Trinajstić information content (AvgIpc) is 3.29. The number of ether oxygens (including phenoxy) is 16. The molecule has 0 aromatic heterocycles. The maximum absolute atomic E-state index is 13.7. The summed E-state index contributed by atoms with van der Waals surface area (Å²) in [5.74, 6) is -11.4. The van der Waals surface area contributed by atoms with Crippen LogP contribution >= 0.6 is 0 Å². The second-order valence-electron chi connectivity index (χ2n) is 15.0. The van der Waals surface area contributed by atoms with Crippen LogP contribution in [0, 0.1) is 5.41 Å². The van der Waals surface area contributed by atoms with Gasteiger partial charge in [0.25, 0.3) is 23.1 Å². The number of esters is 2. The summed E-state index contributed by atoms with van der Waals surface area (Å²) < 4.78 is 111. The van der Waals surface area contributed by atoms with Crippen LogP contribution in [0.25, 0.3) is 0 Å². The highest BCUT2D eigenvalue weighted by atomic mass is 16.8. The van der Waals surface area contributed by atoms with Crippen molar-refractivity contribution in [3.8, 4) is 0 Å². The Labute approximate surface area is 400 Å². The third-order valence-electron chi connectivity index (χ3n) is 11.4. The second kappa shape index (κ2) is 26.6. The highest BCUT2D eigenvalue weighted by Crippen LogP contribution is 2.71. The molecule has 388 valence electrons. The monoisotopic (exact) mass is 961 g/mol. The molecule has 0 amide bonds. The minimum Gasteiger partial charge on any atom is -0.491 e. The van der Waals surface area contributed by atoms with E-state index in [1.165, 1.54) is 0 Å². The summed E-state index contributed by atoms with van der Waals surface area (Å²) >= 11 is 0. The topological polar surface area (TPSA) is 182 Å². The number of hydrogen-bond acceptors (Lipinski definition) is 18. The molecule has 0 heterocycles. The van der Waals surface area contributed by atoms with Crippen molar-refractivity contribution >= 4 is 11.9 Å². The lowest BCUT2D eigenvalue weighted by Crippen LogP contribution is -2.90. The first-order valence-corrected chi connectivity index (χ1v) is 24.1. The normalized spacial score (nSPS) is 24.2. The third kappa shape index (κ3) is 9.65. The van der Waals surface area contributed by atoms with E-state index in [2.05, 4.69) is 13.2 Å².